The van der Waals surface area contributed by atoms with Crippen molar-refractivity contribution in [2.75, 3.05) is 12.4 Å². The van der Waals surface area contributed by atoms with Crippen LogP contribution in [0, 0.1) is 0 Å². The van der Waals surface area contributed by atoms with Crippen molar-refractivity contribution in [2.45, 2.75) is 6.54 Å². The highest BCUT2D eigenvalue weighted by Crippen LogP contribution is 2.14. The number of carbonyl (C=O) groups is 2. The molecule has 2 N–H and O–H groups in total. The molecule has 0 fully saturated rings. The summed E-state index contributed by atoms with van der Waals surface area (Å²) in [6.07, 6.45) is 1.49. The summed E-state index contributed by atoms with van der Waals surface area (Å²) in [5, 5.41) is 13.9. The van der Waals surface area contributed by atoms with Gasteiger partial charge in [-0.3, -0.25) is 0 Å². The molecule has 0 amide bonds. The van der Waals surface area contributed by atoms with Crippen molar-refractivity contribution in [2.24, 2.45) is 0 Å². The first-order valence-electron chi connectivity index (χ1n) is 5.56. The Labute approximate surface area is 118 Å². The number of hydrogen-bond acceptors (Lipinski definition) is 7. The normalized spacial score (nSPS) is 10.1. The lowest BCUT2D eigenvalue weighted by Gasteiger charge is -2.05. The summed E-state index contributed by atoms with van der Waals surface area (Å²) >= 11 is 1.25. The van der Waals surface area contributed by atoms with E-state index in [2.05, 4.69) is 20.0 Å². The van der Waals surface area contributed by atoms with Crippen molar-refractivity contribution < 1.29 is 19.4 Å². The second kappa shape index (κ2) is 6.11. The number of carboxylic acids is 1. The van der Waals surface area contributed by atoms with Gasteiger partial charge in [0.15, 0.2) is 5.69 Å². The average molecular weight is 293 g/mol. The Morgan fingerprint density at radius 3 is 2.90 bits per heavy atom. The summed E-state index contributed by atoms with van der Waals surface area (Å²) < 4.78 is 4.58. The van der Waals surface area contributed by atoms with Crippen molar-refractivity contribution >= 4 is 29.0 Å². The third kappa shape index (κ3) is 3.29. The van der Waals surface area contributed by atoms with Crippen LogP contribution in [0.3, 0.4) is 0 Å². The zero-order valence-corrected chi connectivity index (χ0v) is 11.3. The number of methoxy groups -OCH3 is 1. The smallest absolute Gasteiger partial charge is 0.356 e. The summed E-state index contributed by atoms with van der Waals surface area (Å²) in [7, 11) is 1.28. The molecule has 0 radical (unpaired) electrons. The van der Waals surface area contributed by atoms with Gasteiger partial charge in [0, 0.05) is 17.3 Å². The molecule has 0 aliphatic rings. The first-order chi connectivity index (χ1) is 9.60. The maximum Gasteiger partial charge on any atom is 0.356 e. The Hall–Kier alpha value is -2.48. The molecule has 2 aromatic rings. The van der Waals surface area contributed by atoms with E-state index in [0.29, 0.717) is 17.2 Å². The fourth-order valence-electron chi connectivity index (χ4n) is 1.42. The van der Waals surface area contributed by atoms with Gasteiger partial charge in [-0.15, -0.1) is 11.3 Å². The van der Waals surface area contributed by atoms with E-state index in [4.69, 9.17) is 5.11 Å². The Kier molecular flexibility index (Phi) is 4.26. The van der Waals surface area contributed by atoms with Gasteiger partial charge in [-0.1, -0.05) is 0 Å². The summed E-state index contributed by atoms with van der Waals surface area (Å²) in [6, 6.07) is 3.25. The molecule has 0 bridgehead atoms. The molecule has 2 aromatic heterocycles. The second-order valence-electron chi connectivity index (χ2n) is 3.71. The molecule has 0 spiro atoms. The first-order valence-corrected chi connectivity index (χ1v) is 6.44. The van der Waals surface area contributed by atoms with Crippen LogP contribution in [0.2, 0.25) is 0 Å². The molecule has 2 rings (SSSR count). The monoisotopic (exact) mass is 293 g/mol. The van der Waals surface area contributed by atoms with Crippen molar-refractivity contribution in [1.29, 1.82) is 0 Å². The molecule has 0 atom stereocenters. The maximum absolute atomic E-state index is 11.3. The van der Waals surface area contributed by atoms with Crippen LogP contribution in [-0.2, 0) is 11.3 Å². The van der Waals surface area contributed by atoms with E-state index in [1.807, 2.05) is 0 Å². The summed E-state index contributed by atoms with van der Waals surface area (Å²) in [6.45, 7) is 0.364. The molecule has 0 aromatic carbocycles. The van der Waals surface area contributed by atoms with Crippen LogP contribution in [0.5, 0.6) is 0 Å². The molecule has 104 valence electrons. The van der Waals surface area contributed by atoms with Gasteiger partial charge < -0.3 is 15.2 Å². The zero-order chi connectivity index (χ0) is 14.5. The van der Waals surface area contributed by atoms with Gasteiger partial charge in [-0.2, -0.15) is 0 Å². The zero-order valence-electron chi connectivity index (χ0n) is 10.5. The number of pyridine rings is 1. The fraction of sp³-hybridized carbons (Fsp3) is 0.167. The van der Waals surface area contributed by atoms with Gasteiger partial charge in [0.25, 0.3) is 0 Å². The van der Waals surface area contributed by atoms with Gasteiger partial charge >= 0.3 is 11.9 Å². The molecule has 0 saturated carbocycles. The third-order valence-corrected chi connectivity index (χ3v) is 3.22. The summed E-state index contributed by atoms with van der Waals surface area (Å²) in [5.74, 6) is -1.57. The number of nitrogens with one attached hydrogen (secondary N) is 1. The van der Waals surface area contributed by atoms with Gasteiger partial charge in [0.05, 0.1) is 13.7 Å². The van der Waals surface area contributed by atoms with E-state index in [-0.39, 0.29) is 11.4 Å². The number of aromatic nitrogens is 2. The number of nitrogens with zero attached hydrogens (tertiary/aromatic N) is 2. The lowest BCUT2D eigenvalue weighted by Crippen LogP contribution is -2.06. The van der Waals surface area contributed by atoms with Crippen molar-refractivity contribution in [3.8, 4) is 0 Å². The summed E-state index contributed by atoms with van der Waals surface area (Å²) in [5.41, 5.74) is 0.895. The lowest BCUT2D eigenvalue weighted by molar-refractivity contribution is 0.0593. The molecular weight excluding hydrogens is 282 g/mol. The van der Waals surface area contributed by atoms with E-state index >= 15 is 0 Å². The van der Waals surface area contributed by atoms with E-state index in [9.17, 15) is 9.59 Å². The quantitative estimate of drug-likeness (QED) is 0.808. The van der Waals surface area contributed by atoms with Crippen LogP contribution in [0.4, 0.5) is 5.69 Å². The highest BCUT2D eigenvalue weighted by Gasteiger charge is 2.10. The third-order valence-electron chi connectivity index (χ3n) is 2.37. The van der Waals surface area contributed by atoms with Crippen molar-refractivity contribution in [3.05, 3.63) is 40.1 Å². The molecule has 7 nitrogen and oxygen atoms in total. The van der Waals surface area contributed by atoms with E-state index in [1.54, 1.807) is 12.1 Å². The topological polar surface area (TPSA) is 101 Å². The lowest BCUT2D eigenvalue weighted by atomic mass is 10.3. The van der Waals surface area contributed by atoms with Crippen LogP contribution < -0.4 is 5.32 Å². The largest absolute Gasteiger partial charge is 0.476 e. The van der Waals surface area contributed by atoms with Gasteiger partial charge in [0.1, 0.15) is 10.7 Å². The minimum atomic E-state index is -1.05. The number of thiazole rings is 1. The number of anilines is 1. The predicted octanol–water partition coefficient (Wildman–Crippen LogP) is 1.64. The van der Waals surface area contributed by atoms with Crippen molar-refractivity contribution in [3.63, 3.8) is 0 Å². The van der Waals surface area contributed by atoms with Gasteiger partial charge in [0.2, 0.25) is 0 Å². The van der Waals surface area contributed by atoms with Gasteiger partial charge in [-0.25, -0.2) is 19.6 Å². The van der Waals surface area contributed by atoms with E-state index < -0.39 is 11.9 Å². The molecule has 0 aliphatic carbocycles. The van der Waals surface area contributed by atoms with E-state index in [0.717, 1.165) is 0 Å². The minimum absolute atomic E-state index is 0.0248. The average Bonchev–Trinajstić information content (AvgIpc) is 2.93. The number of esters is 1. The van der Waals surface area contributed by atoms with Crippen LogP contribution in [-0.4, -0.2) is 34.1 Å². The standard InChI is InChI=1S/C12H11N3O4S/c1-19-12(18)8-4-7(2-3-13-8)14-5-10-15-9(6-20-10)11(16)17/h2-4,6H,5H2,1H3,(H,13,14)(H,16,17). The number of rotatable bonds is 5. The Bertz CT molecular complexity index is 641. The molecule has 0 saturated heterocycles. The Morgan fingerprint density at radius 1 is 1.45 bits per heavy atom. The molecule has 0 unspecified atom stereocenters. The fourth-order valence-corrected chi connectivity index (χ4v) is 2.13. The number of hydrogen-bond donors (Lipinski definition) is 2. The van der Waals surface area contributed by atoms with Crippen LogP contribution >= 0.6 is 11.3 Å². The molecule has 20 heavy (non-hydrogen) atoms. The van der Waals surface area contributed by atoms with Crippen LogP contribution in [0.15, 0.2) is 23.7 Å². The number of carbonyl (C=O) groups excluding carboxylic acids is 1. The number of carboxylic acid groups (broad SMARTS) is 1. The molecular formula is C12H11N3O4S. The van der Waals surface area contributed by atoms with Crippen LogP contribution in [0.25, 0.3) is 0 Å². The van der Waals surface area contributed by atoms with Crippen molar-refractivity contribution in [1.82, 2.24) is 9.97 Å². The number of aromatic carboxylic acids is 1. The summed E-state index contributed by atoms with van der Waals surface area (Å²) in [4.78, 5) is 29.9. The Morgan fingerprint density at radius 2 is 2.25 bits per heavy atom. The molecule has 0 aliphatic heterocycles. The molecule has 8 heteroatoms. The van der Waals surface area contributed by atoms with Crippen LogP contribution in [0.1, 0.15) is 26.0 Å². The molecule has 2 heterocycles. The Balaban J connectivity index is 2.03. The minimum Gasteiger partial charge on any atom is -0.476 e. The maximum atomic E-state index is 11.3. The highest BCUT2D eigenvalue weighted by atomic mass is 32.1. The SMILES string of the molecule is COC(=O)c1cc(NCc2nc(C(=O)O)cs2)ccn1. The first kappa shape index (κ1) is 13.9. The number of ether oxygens (including phenoxy) is 1. The highest BCUT2D eigenvalue weighted by molar-refractivity contribution is 7.09. The van der Waals surface area contributed by atoms with Gasteiger partial charge in [-0.05, 0) is 12.1 Å². The second-order valence-corrected chi connectivity index (χ2v) is 4.65. The predicted molar refractivity (Wildman–Crippen MR) is 72.0 cm³/mol. The van der Waals surface area contributed by atoms with E-state index in [1.165, 1.54) is 30.0 Å².